The number of rotatable bonds is 6. The van der Waals surface area contributed by atoms with Crippen LogP contribution in [-0.4, -0.2) is 24.8 Å². The van der Waals surface area contributed by atoms with Crippen LogP contribution in [-0.2, 0) is 22.5 Å². The van der Waals surface area contributed by atoms with Crippen LogP contribution in [0.1, 0.15) is 35.3 Å². The number of amides is 1. The quantitative estimate of drug-likeness (QED) is 0.807. The number of fused-ring (bicyclic) bond motifs is 1. The molecule has 2 aromatic carbocycles. The molecule has 0 saturated carbocycles. The van der Waals surface area contributed by atoms with Crippen LogP contribution in [0.25, 0.3) is 0 Å². The van der Waals surface area contributed by atoms with E-state index < -0.39 is 12.1 Å². The van der Waals surface area contributed by atoms with Crippen LogP contribution in [0.5, 0.6) is 11.5 Å². The second kappa shape index (κ2) is 7.91. The Balaban J connectivity index is 1.51. The van der Waals surface area contributed by atoms with E-state index in [0.29, 0.717) is 23.6 Å². The van der Waals surface area contributed by atoms with E-state index in [1.54, 1.807) is 25.1 Å². The maximum atomic E-state index is 12.2. The van der Waals surface area contributed by atoms with E-state index in [0.717, 1.165) is 17.5 Å². The molecule has 1 unspecified atom stereocenters. The van der Waals surface area contributed by atoms with Crippen LogP contribution < -0.4 is 14.8 Å². The van der Waals surface area contributed by atoms with Gasteiger partial charge in [0.15, 0.2) is 17.6 Å². The third-order valence-corrected chi connectivity index (χ3v) is 4.15. The number of ether oxygens (including phenoxy) is 3. The average molecular weight is 355 g/mol. The smallest absolute Gasteiger partial charge is 0.338 e. The topological polar surface area (TPSA) is 73.9 Å². The zero-order valence-electron chi connectivity index (χ0n) is 14.8. The standard InChI is InChI=1S/C20H21NO5/c1-3-14-4-7-16(8-5-14)20(23)26-13(2)19(22)21-11-15-6-9-17-18(10-15)25-12-24-17/h4-10,13H,3,11-12H2,1-2H3,(H,21,22). The summed E-state index contributed by atoms with van der Waals surface area (Å²) in [6.45, 7) is 4.10. The first-order valence-corrected chi connectivity index (χ1v) is 8.53. The molecule has 1 N–H and O–H groups in total. The highest BCUT2D eigenvalue weighted by atomic mass is 16.7. The lowest BCUT2D eigenvalue weighted by Crippen LogP contribution is -2.35. The molecule has 1 atom stereocenters. The van der Waals surface area contributed by atoms with Crippen molar-refractivity contribution in [2.45, 2.75) is 32.9 Å². The van der Waals surface area contributed by atoms with Crippen molar-refractivity contribution in [2.24, 2.45) is 0 Å². The number of hydrogen-bond acceptors (Lipinski definition) is 5. The molecule has 1 heterocycles. The normalized spacial score (nSPS) is 13.2. The molecule has 1 aliphatic heterocycles. The number of hydrogen-bond donors (Lipinski definition) is 1. The Hall–Kier alpha value is -3.02. The van der Waals surface area contributed by atoms with Crippen molar-refractivity contribution >= 4 is 11.9 Å². The molecule has 0 radical (unpaired) electrons. The number of nitrogens with one attached hydrogen (secondary N) is 1. The third-order valence-electron chi connectivity index (χ3n) is 4.15. The second-order valence-corrected chi connectivity index (χ2v) is 6.00. The van der Waals surface area contributed by atoms with Gasteiger partial charge in [0.05, 0.1) is 5.56 Å². The highest BCUT2D eigenvalue weighted by Gasteiger charge is 2.19. The molecule has 0 aliphatic carbocycles. The summed E-state index contributed by atoms with van der Waals surface area (Å²) in [5.41, 5.74) is 2.44. The number of carbonyl (C=O) groups is 2. The fourth-order valence-electron chi connectivity index (χ4n) is 2.54. The van der Waals surface area contributed by atoms with Crippen LogP contribution in [0.3, 0.4) is 0 Å². The predicted molar refractivity (Wildman–Crippen MR) is 95.1 cm³/mol. The van der Waals surface area contributed by atoms with E-state index in [1.165, 1.54) is 0 Å². The Labute approximate surface area is 152 Å². The van der Waals surface area contributed by atoms with Crippen molar-refractivity contribution < 1.29 is 23.8 Å². The van der Waals surface area contributed by atoms with Gasteiger partial charge in [-0.05, 0) is 48.7 Å². The van der Waals surface area contributed by atoms with Crippen LogP contribution in [0.4, 0.5) is 0 Å². The van der Waals surface area contributed by atoms with Crippen molar-refractivity contribution in [1.29, 1.82) is 0 Å². The Morgan fingerprint density at radius 1 is 1.08 bits per heavy atom. The molecular weight excluding hydrogens is 334 g/mol. The van der Waals surface area contributed by atoms with Gasteiger partial charge in [0.1, 0.15) is 0 Å². The Bertz CT molecular complexity index is 800. The van der Waals surface area contributed by atoms with Gasteiger partial charge in [0.25, 0.3) is 5.91 Å². The third kappa shape index (κ3) is 4.14. The summed E-state index contributed by atoms with van der Waals surface area (Å²) in [5.74, 6) is 0.475. The first kappa shape index (κ1) is 17.8. The first-order valence-electron chi connectivity index (χ1n) is 8.53. The van der Waals surface area contributed by atoms with Gasteiger partial charge in [-0.2, -0.15) is 0 Å². The highest BCUT2D eigenvalue weighted by molar-refractivity contribution is 5.92. The van der Waals surface area contributed by atoms with Gasteiger partial charge < -0.3 is 19.5 Å². The van der Waals surface area contributed by atoms with Gasteiger partial charge in [-0.15, -0.1) is 0 Å². The molecule has 1 amide bonds. The molecule has 26 heavy (non-hydrogen) atoms. The first-order chi connectivity index (χ1) is 12.6. The highest BCUT2D eigenvalue weighted by Crippen LogP contribution is 2.32. The molecule has 0 aromatic heterocycles. The summed E-state index contributed by atoms with van der Waals surface area (Å²) in [6, 6.07) is 12.6. The lowest BCUT2D eigenvalue weighted by Gasteiger charge is -2.14. The van der Waals surface area contributed by atoms with E-state index in [1.807, 2.05) is 31.2 Å². The number of carbonyl (C=O) groups excluding carboxylic acids is 2. The van der Waals surface area contributed by atoms with Crippen molar-refractivity contribution in [2.75, 3.05) is 6.79 Å². The average Bonchev–Trinajstić information content (AvgIpc) is 3.13. The van der Waals surface area contributed by atoms with E-state index in [9.17, 15) is 9.59 Å². The predicted octanol–water partition coefficient (Wildman–Crippen LogP) is 2.84. The Kier molecular flexibility index (Phi) is 5.41. The molecular formula is C20H21NO5. The molecule has 0 fully saturated rings. The minimum absolute atomic E-state index is 0.206. The fourth-order valence-corrected chi connectivity index (χ4v) is 2.54. The maximum Gasteiger partial charge on any atom is 0.338 e. The monoisotopic (exact) mass is 355 g/mol. The van der Waals surface area contributed by atoms with Gasteiger partial charge in [0, 0.05) is 6.54 Å². The maximum absolute atomic E-state index is 12.2. The zero-order valence-corrected chi connectivity index (χ0v) is 14.8. The molecule has 0 bridgehead atoms. The zero-order chi connectivity index (χ0) is 18.5. The SMILES string of the molecule is CCc1ccc(C(=O)OC(C)C(=O)NCc2ccc3c(c2)OCO3)cc1. The number of esters is 1. The van der Waals surface area contributed by atoms with Gasteiger partial charge in [-0.25, -0.2) is 4.79 Å². The van der Waals surface area contributed by atoms with Gasteiger partial charge >= 0.3 is 5.97 Å². The fraction of sp³-hybridized carbons (Fsp3) is 0.300. The summed E-state index contributed by atoms with van der Waals surface area (Å²) in [4.78, 5) is 24.3. The van der Waals surface area contributed by atoms with Crippen LogP contribution in [0.2, 0.25) is 0 Å². The number of aryl methyl sites for hydroxylation is 1. The van der Waals surface area contributed by atoms with Crippen LogP contribution in [0.15, 0.2) is 42.5 Å². The molecule has 0 saturated heterocycles. The summed E-state index contributed by atoms with van der Waals surface area (Å²) in [5, 5.41) is 2.75. The van der Waals surface area contributed by atoms with Crippen molar-refractivity contribution in [3.05, 3.63) is 59.2 Å². The molecule has 1 aliphatic rings. The molecule has 6 nitrogen and oxygen atoms in total. The van der Waals surface area contributed by atoms with E-state index in [4.69, 9.17) is 14.2 Å². The molecule has 136 valence electrons. The van der Waals surface area contributed by atoms with Gasteiger partial charge in [0.2, 0.25) is 6.79 Å². The van der Waals surface area contributed by atoms with Gasteiger partial charge in [-0.3, -0.25) is 4.79 Å². The molecule has 0 spiro atoms. The lowest BCUT2D eigenvalue weighted by molar-refractivity contribution is -0.129. The second-order valence-electron chi connectivity index (χ2n) is 6.00. The lowest BCUT2D eigenvalue weighted by atomic mass is 10.1. The van der Waals surface area contributed by atoms with E-state index in [-0.39, 0.29) is 12.7 Å². The summed E-state index contributed by atoms with van der Waals surface area (Å²) < 4.78 is 15.8. The van der Waals surface area contributed by atoms with Crippen LogP contribution >= 0.6 is 0 Å². The van der Waals surface area contributed by atoms with Crippen molar-refractivity contribution in [1.82, 2.24) is 5.32 Å². The largest absolute Gasteiger partial charge is 0.454 e. The van der Waals surface area contributed by atoms with Crippen molar-refractivity contribution in [3.8, 4) is 11.5 Å². The molecule has 6 heteroatoms. The van der Waals surface area contributed by atoms with Crippen molar-refractivity contribution in [3.63, 3.8) is 0 Å². The Morgan fingerprint density at radius 3 is 2.50 bits per heavy atom. The molecule has 2 aromatic rings. The van der Waals surface area contributed by atoms with Gasteiger partial charge in [-0.1, -0.05) is 25.1 Å². The summed E-state index contributed by atoms with van der Waals surface area (Å²) in [6.07, 6.45) is 0.0101. The Morgan fingerprint density at radius 2 is 1.77 bits per heavy atom. The van der Waals surface area contributed by atoms with E-state index in [2.05, 4.69) is 5.32 Å². The number of benzene rings is 2. The summed E-state index contributed by atoms with van der Waals surface area (Å²) >= 11 is 0. The minimum atomic E-state index is -0.887. The minimum Gasteiger partial charge on any atom is -0.454 e. The molecule has 3 rings (SSSR count). The van der Waals surface area contributed by atoms with Crippen LogP contribution in [0, 0.1) is 0 Å². The summed E-state index contributed by atoms with van der Waals surface area (Å²) in [7, 11) is 0. The van der Waals surface area contributed by atoms with E-state index >= 15 is 0 Å².